The van der Waals surface area contributed by atoms with E-state index in [0.29, 0.717) is 5.95 Å². The molecule has 13 aromatic carbocycles. The third-order valence-corrected chi connectivity index (χ3v) is 17.1. The summed E-state index contributed by atoms with van der Waals surface area (Å²) in [5.74, 6) is 1.29. The predicted octanol–water partition coefficient (Wildman–Crippen LogP) is 21.3. The van der Waals surface area contributed by atoms with Gasteiger partial charge in [-0.05, 0) is 152 Å². The van der Waals surface area contributed by atoms with Crippen LogP contribution in [0.15, 0.2) is 328 Å². The molecule has 88 heavy (non-hydrogen) atoms. The topological polar surface area (TPSA) is 50.3 Å². The molecule has 0 aliphatic carbocycles. The standard InChI is InChI=1S/C80H54N8/c1-7-25-55(26-8-1)83(56-27-9-2-10-28-56)61-46-50-76-70(51-61)67-39-21-24-42-75(67)88(76)80-81-72-49-45-62(87-74-41-23-20-38-66(74)69-47-43-63(53-78(69)87)84(57-29-11-3-12-30-57)58-31-13-4-14-32-58)52-71(72)79(82-80)85(59-33-15-5-16-34-59)64-44-48-68-65-37-19-22-40-73(65)86(77(68)54-64)60-35-17-6-18-36-60/h1-54H. The molecule has 17 aromatic rings. The Labute approximate surface area is 508 Å². The van der Waals surface area contributed by atoms with E-state index in [1.165, 1.54) is 16.2 Å². The van der Waals surface area contributed by atoms with Crippen LogP contribution < -0.4 is 14.7 Å². The largest absolute Gasteiger partial charge is 0.310 e. The van der Waals surface area contributed by atoms with Gasteiger partial charge in [0.15, 0.2) is 5.82 Å². The van der Waals surface area contributed by atoms with E-state index < -0.39 is 0 Å². The third-order valence-electron chi connectivity index (χ3n) is 17.1. The van der Waals surface area contributed by atoms with Crippen LogP contribution in [-0.4, -0.2) is 23.7 Å². The first kappa shape index (κ1) is 50.5. The van der Waals surface area contributed by atoms with Crippen molar-refractivity contribution < 1.29 is 0 Å². The zero-order valence-corrected chi connectivity index (χ0v) is 47.8. The van der Waals surface area contributed by atoms with Crippen molar-refractivity contribution in [2.75, 3.05) is 14.7 Å². The molecule has 0 fully saturated rings. The van der Waals surface area contributed by atoms with Crippen molar-refractivity contribution >= 4 is 128 Å². The normalized spacial score (nSPS) is 11.6. The molecule has 0 unspecified atom stereocenters. The van der Waals surface area contributed by atoms with Crippen molar-refractivity contribution in [3.05, 3.63) is 328 Å². The molecule has 0 spiro atoms. The van der Waals surface area contributed by atoms with Crippen molar-refractivity contribution in [1.82, 2.24) is 23.7 Å². The van der Waals surface area contributed by atoms with Crippen molar-refractivity contribution in [3.8, 4) is 17.3 Å². The maximum Gasteiger partial charge on any atom is 0.237 e. The highest BCUT2D eigenvalue weighted by Gasteiger charge is 2.26. The van der Waals surface area contributed by atoms with Crippen LogP contribution in [0.25, 0.3) is 93.6 Å². The van der Waals surface area contributed by atoms with Crippen molar-refractivity contribution in [2.45, 2.75) is 0 Å². The number of hydrogen-bond acceptors (Lipinski definition) is 5. The Morgan fingerprint density at radius 3 is 1.07 bits per heavy atom. The monoisotopic (exact) mass is 1130 g/mol. The van der Waals surface area contributed by atoms with E-state index >= 15 is 0 Å². The molecule has 8 heteroatoms. The summed E-state index contributed by atoms with van der Waals surface area (Å²) in [5, 5.41) is 7.76. The van der Waals surface area contributed by atoms with E-state index in [4.69, 9.17) is 9.97 Å². The summed E-state index contributed by atoms with van der Waals surface area (Å²) in [7, 11) is 0. The smallest absolute Gasteiger partial charge is 0.237 e. The van der Waals surface area contributed by atoms with Gasteiger partial charge in [-0.1, -0.05) is 176 Å². The van der Waals surface area contributed by atoms with Crippen LogP contribution >= 0.6 is 0 Å². The Hall–Kier alpha value is -12.0. The number of para-hydroxylation sites is 9. The molecule has 0 atom stereocenters. The van der Waals surface area contributed by atoms with Crippen LogP contribution in [0, 0.1) is 0 Å². The summed E-state index contributed by atoms with van der Waals surface area (Å²) >= 11 is 0. The molecule has 414 valence electrons. The molecule has 4 heterocycles. The molecule has 0 N–H and O–H groups in total. The van der Waals surface area contributed by atoms with Gasteiger partial charge in [-0.15, -0.1) is 0 Å². The molecule has 0 radical (unpaired) electrons. The van der Waals surface area contributed by atoms with Crippen LogP contribution in [-0.2, 0) is 0 Å². The van der Waals surface area contributed by atoms with E-state index in [1.807, 2.05) is 0 Å². The van der Waals surface area contributed by atoms with Gasteiger partial charge >= 0.3 is 0 Å². The van der Waals surface area contributed by atoms with Gasteiger partial charge in [0.05, 0.1) is 38.6 Å². The fourth-order valence-electron chi connectivity index (χ4n) is 13.3. The second-order valence-corrected chi connectivity index (χ2v) is 22.2. The molecular weight excluding hydrogens is 1070 g/mol. The van der Waals surface area contributed by atoms with Gasteiger partial charge in [-0.3, -0.25) is 9.47 Å². The van der Waals surface area contributed by atoms with Gasteiger partial charge < -0.3 is 18.9 Å². The molecule has 0 saturated carbocycles. The highest BCUT2D eigenvalue weighted by molar-refractivity contribution is 6.14. The van der Waals surface area contributed by atoms with Crippen LogP contribution in [0.3, 0.4) is 0 Å². The van der Waals surface area contributed by atoms with Gasteiger partial charge in [0.1, 0.15) is 0 Å². The number of fused-ring (bicyclic) bond motifs is 10. The van der Waals surface area contributed by atoms with Crippen LogP contribution in [0.4, 0.5) is 51.3 Å². The average Bonchev–Trinajstić information content (AvgIpc) is 1.70. The van der Waals surface area contributed by atoms with Gasteiger partial charge in [0.2, 0.25) is 5.95 Å². The molecule has 4 aromatic heterocycles. The lowest BCUT2D eigenvalue weighted by atomic mass is 10.1. The van der Waals surface area contributed by atoms with Gasteiger partial charge in [0.25, 0.3) is 0 Å². The predicted molar refractivity (Wildman–Crippen MR) is 367 cm³/mol. The van der Waals surface area contributed by atoms with E-state index in [0.717, 1.165) is 123 Å². The van der Waals surface area contributed by atoms with E-state index in [9.17, 15) is 0 Å². The lowest BCUT2D eigenvalue weighted by Gasteiger charge is -2.27. The lowest BCUT2D eigenvalue weighted by Crippen LogP contribution is -2.15. The minimum absolute atomic E-state index is 0.556. The van der Waals surface area contributed by atoms with E-state index in [2.05, 4.69) is 356 Å². The molecule has 0 saturated heterocycles. The summed E-state index contributed by atoms with van der Waals surface area (Å²) < 4.78 is 7.05. The molecule has 0 aliphatic heterocycles. The highest BCUT2D eigenvalue weighted by atomic mass is 15.3. The molecular formula is C80H54N8. The zero-order valence-electron chi connectivity index (χ0n) is 47.8. The Bertz CT molecular complexity index is 5370. The summed E-state index contributed by atoms with van der Waals surface area (Å²) in [6, 6.07) is 117. The molecule has 0 amide bonds. The first-order valence-electron chi connectivity index (χ1n) is 29.8. The maximum atomic E-state index is 5.95. The Balaban J connectivity index is 0.931. The minimum Gasteiger partial charge on any atom is -0.310 e. The second kappa shape index (κ2) is 21.0. The van der Waals surface area contributed by atoms with Crippen LogP contribution in [0.2, 0.25) is 0 Å². The van der Waals surface area contributed by atoms with Crippen molar-refractivity contribution in [3.63, 3.8) is 0 Å². The SMILES string of the molecule is c1ccc(N(c2ccccc2)c2ccc3c(c2)c2ccccc2n3-c2nc(N(c3ccccc3)c3ccc4c5ccccc5n(-c5ccccc5)c4c3)c3cc(-n4c5ccccc5c5ccc(N(c6ccccc6)c6ccccc6)cc54)ccc3n2)cc1. The summed E-state index contributed by atoms with van der Waals surface area (Å²) in [6.07, 6.45) is 0. The molecule has 8 nitrogen and oxygen atoms in total. The number of aromatic nitrogens is 5. The van der Waals surface area contributed by atoms with Crippen LogP contribution in [0.1, 0.15) is 0 Å². The zero-order chi connectivity index (χ0) is 58.1. The summed E-state index contributed by atoms with van der Waals surface area (Å²) in [4.78, 5) is 18.6. The minimum atomic E-state index is 0.556. The van der Waals surface area contributed by atoms with E-state index in [1.54, 1.807) is 0 Å². The number of anilines is 9. The maximum absolute atomic E-state index is 5.95. The lowest BCUT2D eigenvalue weighted by molar-refractivity contribution is 0.999. The first-order chi connectivity index (χ1) is 43.7. The van der Waals surface area contributed by atoms with Gasteiger partial charge in [-0.25, -0.2) is 4.98 Å². The summed E-state index contributed by atoms with van der Waals surface area (Å²) in [5.41, 5.74) is 17.6. The van der Waals surface area contributed by atoms with Crippen molar-refractivity contribution in [2.24, 2.45) is 0 Å². The quantitative estimate of drug-likeness (QED) is 0.122. The molecule has 17 rings (SSSR count). The number of benzene rings is 13. The fourth-order valence-corrected chi connectivity index (χ4v) is 13.3. The van der Waals surface area contributed by atoms with Gasteiger partial charge in [-0.2, -0.15) is 4.98 Å². The number of nitrogens with zero attached hydrogens (tertiary/aromatic N) is 8. The van der Waals surface area contributed by atoms with Crippen molar-refractivity contribution in [1.29, 1.82) is 0 Å². The third kappa shape index (κ3) is 8.37. The number of hydrogen-bond donors (Lipinski definition) is 0. The Morgan fingerprint density at radius 1 is 0.205 bits per heavy atom. The van der Waals surface area contributed by atoms with Gasteiger partial charge in [0, 0.05) is 94.6 Å². The van der Waals surface area contributed by atoms with Crippen LogP contribution in [0.5, 0.6) is 0 Å². The second-order valence-electron chi connectivity index (χ2n) is 22.2. The Kier molecular flexibility index (Phi) is 12.0. The van der Waals surface area contributed by atoms with E-state index in [-0.39, 0.29) is 0 Å². The molecule has 0 bridgehead atoms. The Morgan fingerprint density at radius 2 is 0.568 bits per heavy atom. The fraction of sp³-hybridized carbons (Fsp3) is 0. The highest BCUT2D eigenvalue weighted by Crippen LogP contribution is 2.46. The first-order valence-corrected chi connectivity index (χ1v) is 29.8. The average molecular weight is 1130 g/mol. The number of rotatable bonds is 12. The summed E-state index contributed by atoms with van der Waals surface area (Å²) in [6.45, 7) is 0. The molecule has 0 aliphatic rings.